The van der Waals surface area contributed by atoms with Crippen LogP contribution in [-0.4, -0.2) is 54.6 Å². The van der Waals surface area contributed by atoms with Gasteiger partial charge in [0.25, 0.3) is 5.91 Å². The molecule has 40 heavy (non-hydrogen) atoms. The highest BCUT2D eigenvalue weighted by atomic mass is 35.5. The molecule has 4 aliphatic rings. The maximum atomic E-state index is 13.3. The Morgan fingerprint density at radius 2 is 2.08 bits per heavy atom. The average Bonchev–Trinajstić information content (AvgIpc) is 3.06. The molecule has 2 aliphatic heterocycles. The quantitative estimate of drug-likeness (QED) is 0.352. The number of methoxy groups -OCH3 is 1. The monoisotopic (exact) mass is 582 g/mol. The van der Waals surface area contributed by atoms with Gasteiger partial charge in [-0.05, 0) is 104 Å². The number of hydrogen-bond donors (Lipinski definition) is 1. The van der Waals surface area contributed by atoms with Gasteiger partial charge in [0.15, 0.2) is 0 Å². The van der Waals surface area contributed by atoms with E-state index in [1.165, 1.54) is 11.1 Å². The predicted molar refractivity (Wildman–Crippen MR) is 163 cm³/mol. The van der Waals surface area contributed by atoms with E-state index in [2.05, 4.69) is 39.8 Å². The third-order valence-corrected chi connectivity index (χ3v) is 11.1. The third-order valence-electron chi connectivity index (χ3n) is 9.37. The summed E-state index contributed by atoms with van der Waals surface area (Å²) in [5.74, 6) is 5.50. The first kappa shape index (κ1) is 27.7. The summed E-state index contributed by atoms with van der Waals surface area (Å²) < 4.78 is 28.4. The molecule has 0 saturated heterocycles. The van der Waals surface area contributed by atoms with E-state index in [1.807, 2.05) is 18.2 Å². The predicted octanol–water partition coefficient (Wildman–Crippen LogP) is 5.57. The number of fused-ring (bicyclic) bond motifs is 4. The number of anilines is 1. The number of aryl methyl sites for hydroxylation is 1. The minimum absolute atomic E-state index is 0.0519. The molecule has 2 aromatic rings. The third kappa shape index (κ3) is 5.40. The van der Waals surface area contributed by atoms with Crippen LogP contribution in [-0.2, 0) is 26.3 Å². The number of nitrogens with zero attached hydrogens (tertiary/aromatic N) is 1. The van der Waals surface area contributed by atoms with Crippen molar-refractivity contribution in [3.63, 3.8) is 0 Å². The molecule has 6 rings (SSSR count). The zero-order valence-corrected chi connectivity index (χ0v) is 24.8. The Hall–Kier alpha value is -2.48. The van der Waals surface area contributed by atoms with Gasteiger partial charge in [-0.25, -0.2) is 4.21 Å². The standard InChI is InChI=1S/C32H39ClN2O4S/c1-38-29-8-4-3-5-16-40(2,37)34-31(36)23-10-14-30-28(18-23)35(19-24-9-12-26(24)29)20-32(21-39-30)15-6-7-22-17-25(33)11-13-27(22)32/h4,8,10-11,13-14,17-18,24,26,29H,2-3,5-7,9,12,15-16,19-21H2,1H3,(H,34,36,37)/b8-4+/t24-,26+,29+,32-,40?/m0/s1. The minimum Gasteiger partial charge on any atom is -0.490 e. The maximum absolute atomic E-state index is 13.3. The molecule has 2 aliphatic carbocycles. The highest BCUT2D eigenvalue weighted by Gasteiger charge is 2.44. The van der Waals surface area contributed by atoms with Gasteiger partial charge in [0.05, 0.1) is 18.4 Å². The number of nitrogens with one attached hydrogen (secondary N) is 1. The van der Waals surface area contributed by atoms with E-state index in [4.69, 9.17) is 21.1 Å². The summed E-state index contributed by atoms with van der Waals surface area (Å²) in [6.45, 7) is 2.22. The minimum atomic E-state index is -2.76. The number of rotatable bonds is 1. The lowest BCUT2D eigenvalue weighted by Gasteiger charge is -2.46. The summed E-state index contributed by atoms with van der Waals surface area (Å²) in [4.78, 5) is 15.7. The summed E-state index contributed by atoms with van der Waals surface area (Å²) in [6, 6.07) is 11.9. The van der Waals surface area contributed by atoms with Gasteiger partial charge in [-0.15, -0.1) is 0 Å². The van der Waals surface area contributed by atoms with Crippen LogP contribution in [0.25, 0.3) is 0 Å². The molecule has 214 valence electrons. The number of carbonyl (C=O) groups is 1. The van der Waals surface area contributed by atoms with Gasteiger partial charge in [-0.3, -0.25) is 9.52 Å². The number of allylic oxidation sites excluding steroid dienone is 1. The van der Waals surface area contributed by atoms with Crippen molar-refractivity contribution in [2.75, 3.05) is 37.5 Å². The molecule has 0 aromatic heterocycles. The van der Waals surface area contributed by atoms with Crippen molar-refractivity contribution in [3.05, 3.63) is 70.3 Å². The van der Waals surface area contributed by atoms with Gasteiger partial charge in [0.1, 0.15) is 5.75 Å². The molecule has 1 spiro atoms. The van der Waals surface area contributed by atoms with Crippen molar-refractivity contribution in [2.45, 2.75) is 56.5 Å². The normalized spacial score (nSPS) is 33.0. The van der Waals surface area contributed by atoms with Crippen LogP contribution in [0.5, 0.6) is 5.75 Å². The summed E-state index contributed by atoms with van der Waals surface area (Å²) in [5.41, 5.74) is 3.84. The Morgan fingerprint density at radius 1 is 1.20 bits per heavy atom. The van der Waals surface area contributed by atoms with E-state index in [0.717, 1.165) is 68.1 Å². The van der Waals surface area contributed by atoms with Crippen LogP contribution in [0.2, 0.25) is 5.02 Å². The molecular formula is C32H39ClN2O4S. The number of ether oxygens (including phenoxy) is 2. The smallest absolute Gasteiger partial charge is 0.262 e. The fraction of sp³-hybridized carbons (Fsp3) is 0.500. The Balaban J connectivity index is 1.42. The number of halogens is 1. The van der Waals surface area contributed by atoms with E-state index >= 15 is 0 Å². The van der Waals surface area contributed by atoms with Gasteiger partial charge in [0.2, 0.25) is 0 Å². The number of hydrogen-bond acceptors (Lipinski definition) is 5. The summed E-state index contributed by atoms with van der Waals surface area (Å²) >= 11 is 6.40. The fourth-order valence-corrected chi connectivity index (χ4v) is 8.52. The van der Waals surface area contributed by atoms with Crippen LogP contribution in [0.15, 0.2) is 48.6 Å². The van der Waals surface area contributed by atoms with Crippen LogP contribution < -0.4 is 14.4 Å². The van der Waals surface area contributed by atoms with Crippen molar-refractivity contribution in [2.24, 2.45) is 11.8 Å². The summed E-state index contributed by atoms with van der Waals surface area (Å²) in [7, 11) is -0.964. The number of carbonyl (C=O) groups excluding carboxylic acids is 1. The van der Waals surface area contributed by atoms with Crippen molar-refractivity contribution >= 4 is 38.8 Å². The molecule has 1 N–H and O–H groups in total. The Bertz CT molecular complexity index is 1420. The van der Waals surface area contributed by atoms with E-state index in [0.29, 0.717) is 36.2 Å². The Morgan fingerprint density at radius 3 is 2.88 bits per heavy atom. The van der Waals surface area contributed by atoms with Gasteiger partial charge in [-0.1, -0.05) is 29.8 Å². The molecule has 5 atom stereocenters. The molecule has 0 radical (unpaired) electrons. The van der Waals surface area contributed by atoms with Crippen molar-refractivity contribution in [3.8, 4) is 5.75 Å². The maximum Gasteiger partial charge on any atom is 0.262 e. The molecule has 2 bridgehead atoms. The largest absolute Gasteiger partial charge is 0.490 e. The molecule has 8 heteroatoms. The highest BCUT2D eigenvalue weighted by molar-refractivity contribution is 7.99. The molecule has 1 unspecified atom stereocenters. The van der Waals surface area contributed by atoms with Gasteiger partial charge in [-0.2, -0.15) is 0 Å². The van der Waals surface area contributed by atoms with Crippen molar-refractivity contribution < 1.29 is 18.5 Å². The van der Waals surface area contributed by atoms with Crippen molar-refractivity contribution in [1.29, 1.82) is 0 Å². The fourth-order valence-electron chi connectivity index (χ4n) is 7.13. The zero-order valence-electron chi connectivity index (χ0n) is 23.2. The van der Waals surface area contributed by atoms with E-state index in [9.17, 15) is 9.00 Å². The van der Waals surface area contributed by atoms with Crippen LogP contribution in [0.3, 0.4) is 0 Å². The molecular weight excluding hydrogens is 544 g/mol. The molecule has 1 saturated carbocycles. The lowest BCUT2D eigenvalue weighted by Crippen LogP contribution is -2.49. The van der Waals surface area contributed by atoms with Crippen LogP contribution in [0.4, 0.5) is 5.69 Å². The topological polar surface area (TPSA) is 67.9 Å². The number of benzene rings is 2. The summed E-state index contributed by atoms with van der Waals surface area (Å²) in [5, 5.41) is 0.771. The van der Waals surface area contributed by atoms with E-state index in [1.54, 1.807) is 13.2 Å². The van der Waals surface area contributed by atoms with Gasteiger partial charge >= 0.3 is 0 Å². The first-order chi connectivity index (χ1) is 19.3. The first-order valence-corrected chi connectivity index (χ1v) is 16.7. The van der Waals surface area contributed by atoms with E-state index in [-0.39, 0.29) is 17.4 Å². The molecule has 1 amide bonds. The van der Waals surface area contributed by atoms with Gasteiger partial charge < -0.3 is 14.4 Å². The van der Waals surface area contributed by atoms with Gasteiger partial charge in [0, 0.05) is 51.7 Å². The molecule has 6 nitrogen and oxygen atoms in total. The highest BCUT2D eigenvalue weighted by Crippen LogP contribution is 2.47. The molecule has 1 fully saturated rings. The van der Waals surface area contributed by atoms with Crippen molar-refractivity contribution in [1.82, 2.24) is 4.72 Å². The second kappa shape index (κ2) is 11.1. The Kier molecular flexibility index (Phi) is 7.66. The lowest BCUT2D eigenvalue weighted by atomic mass is 9.68. The van der Waals surface area contributed by atoms with Crippen LogP contribution in [0.1, 0.15) is 60.0 Å². The Labute approximate surface area is 243 Å². The zero-order chi connectivity index (χ0) is 27.9. The van der Waals surface area contributed by atoms with Crippen LogP contribution in [0, 0.1) is 11.8 Å². The van der Waals surface area contributed by atoms with Crippen LogP contribution >= 0.6 is 11.6 Å². The molecule has 2 heterocycles. The lowest BCUT2D eigenvalue weighted by molar-refractivity contribution is 0.0132. The average molecular weight is 583 g/mol. The SMILES string of the molecule is C=S1(=O)CCC/C=C/[C@@H](OC)[C@@H]2CC[C@H]2CN2C[C@@]3(CCCc4cc(Cl)ccc43)COc3ccc(cc32)C(=O)N1. The summed E-state index contributed by atoms with van der Waals surface area (Å²) in [6.07, 6.45) is 11.2. The second-order valence-corrected chi connectivity index (χ2v) is 14.7. The first-order valence-electron chi connectivity index (χ1n) is 14.4. The second-order valence-electron chi connectivity index (χ2n) is 12.0. The number of amides is 1. The molecule has 2 aromatic carbocycles. The van der Waals surface area contributed by atoms with E-state index < -0.39 is 9.71 Å².